The molecule has 1 atom stereocenters. The van der Waals surface area contributed by atoms with Crippen molar-refractivity contribution in [3.63, 3.8) is 0 Å². The van der Waals surface area contributed by atoms with E-state index in [0.29, 0.717) is 0 Å². The second-order valence-corrected chi connectivity index (χ2v) is 7.98. The average molecular weight is 366 g/mol. The summed E-state index contributed by atoms with van der Waals surface area (Å²) in [6.07, 6.45) is 0.724. The second-order valence-electron chi connectivity index (χ2n) is 4.70. The van der Waals surface area contributed by atoms with E-state index in [9.17, 15) is 21.6 Å². The fourth-order valence-electron chi connectivity index (χ4n) is 1.50. The fraction of sp³-hybridized carbons (Fsp3) is 0.462. The van der Waals surface area contributed by atoms with Crippen LogP contribution in [0.15, 0.2) is 30.3 Å². The maximum Gasteiger partial charge on any atom is 0.338 e. The minimum atomic E-state index is -3.72. The molecule has 0 heterocycles. The molecule has 0 bridgehead atoms. The maximum absolute atomic E-state index is 12.0. The van der Waals surface area contributed by atoms with Crippen LogP contribution in [0.2, 0.25) is 0 Å². The van der Waals surface area contributed by atoms with E-state index in [-0.39, 0.29) is 18.6 Å². The van der Waals surface area contributed by atoms with Gasteiger partial charge in [0.2, 0.25) is 0 Å². The van der Waals surface area contributed by atoms with Crippen LogP contribution in [-0.2, 0) is 33.3 Å². The smallest absolute Gasteiger partial charge is 0.338 e. The van der Waals surface area contributed by atoms with Crippen LogP contribution in [0.1, 0.15) is 16.8 Å². The number of hydrogen-bond acceptors (Lipinski definition) is 8. The largest absolute Gasteiger partial charge is 0.456 e. The van der Waals surface area contributed by atoms with E-state index in [4.69, 9.17) is 4.74 Å². The molecule has 0 N–H and O–H groups in total. The lowest BCUT2D eigenvalue weighted by atomic mass is 10.2. The summed E-state index contributed by atoms with van der Waals surface area (Å²) in [5.74, 6) is -0.674. The maximum atomic E-state index is 12.0. The molecule has 0 aromatic heterocycles. The van der Waals surface area contributed by atoms with Crippen molar-refractivity contribution in [2.24, 2.45) is 0 Å². The minimum absolute atomic E-state index is 0.0405. The summed E-state index contributed by atoms with van der Waals surface area (Å²) in [5, 5.41) is 0. The number of hydrogen-bond donors (Lipinski definition) is 0. The Morgan fingerprint density at radius 2 is 1.57 bits per heavy atom. The Morgan fingerprint density at radius 3 is 2.09 bits per heavy atom. The summed E-state index contributed by atoms with van der Waals surface area (Å²) in [5.41, 5.74) is 0.279. The minimum Gasteiger partial charge on any atom is -0.456 e. The molecule has 0 aliphatic carbocycles. The zero-order valence-corrected chi connectivity index (χ0v) is 14.3. The molecule has 8 nitrogen and oxygen atoms in total. The van der Waals surface area contributed by atoms with E-state index < -0.39 is 38.9 Å². The van der Waals surface area contributed by atoms with Crippen LogP contribution in [0, 0.1) is 0 Å². The van der Waals surface area contributed by atoms with Gasteiger partial charge in [0, 0.05) is 6.42 Å². The predicted molar refractivity (Wildman–Crippen MR) is 81.9 cm³/mol. The number of ether oxygens (including phenoxy) is 1. The molecule has 1 aromatic carbocycles. The first-order chi connectivity index (χ1) is 10.6. The number of rotatable bonds is 9. The van der Waals surface area contributed by atoms with Crippen molar-refractivity contribution in [1.82, 2.24) is 0 Å². The molecular formula is C13H18O8S2. The normalized spacial score (nSPS) is 13.5. The van der Waals surface area contributed by atoms with Crippen molar-refractivity contribution < 1.29 is 34.7 Å². The second kappa shape index (κ2) is 8.39. The molecule has 23 heavy (non-hydrogen) atoms. The third-order valence-electron chi connectivity index (χ3n) is 2.49. The summed E-state index contributed by atoms with van der Waals surface area (Å²) in [6, 6.07) is 8.07. The molecule has 0 spiro atoms. The first kappa shape index (κ1) is 19.6. The summed E-state index contributed by atoms with van der Waals surface area (Å²) in [4.78, 5) is 12.0. The fourth-order valence-corrected chi connectivity index (χ4v) is 2.30. The van der Waals surface area contributed by atoms with Gasteiger partial charge in [0.15, 0.2) is 0 Å². The zero-order chi connectivity index (χ0) is 17.5. The van der Waals surface area contributed by atoms with Crippen LogP contribution < -0.4 is 0 Å². The van der Waals surface area contributed by atoms with Gasteiger partial charge in [-0.1, -0.05) is 18.2 Å². The average Bonchev–Trinajstić information content (AvgIpc) is 2.43. The van der Waals surface area contributed by atoms with Gasteiger partial charge in [-0.15, -0.1) is 0 Å². The molecule has 0 fully saturated rings. The number of carbonyl (C=O) groups is 1. The van der Waals surface area contributed by atoms with Gasteiger partial charge >= 0.3 is 5.97 Å². The Kier molecular flexibility index (Phi) is 7.13. The van der Waals surface area contributed by atoms with E-state index in [1.807, 2.05) is 0 Å². The summed E-state index contributed by atoms with van der Waals surface area (Å²) in [7, 11) is -7.37. The van der Waals surface area contributed by atoms with E-state index in [0.717, 1.165) is 12.5 Å². The molecule has 130 valence electrons. The van der Waals surface area contributed by atoms with Crippen molar-refractivity contribution in [1.29, 1.82) is 0 Å². The topological polar surface area (TPSA) is 113 Å². The van der Waals surface area contributed by atoms with E-state index in [1.54, 1.807) is 18.2 Å². The van der Waals surface area contributed by atoms with Gasteiger partial charge in [0.25, 0.3) is 20.2 Å². The molecule has 1 aromatic rings. The molecule has 10 heteroatoms. The molecule has 0 aliphatic heterocycles. The summed E-state index contributed by atoms with van der Waals surface area (Å²) < 4.78 is 58.2. The highest BCUT2D eigenvalue weighted by Gasteiger charge is 2.19. The summed E-state index contributed by atoms with van der Waals surface area (Å²) in [6.45, 7) is -0.691. The van der Waals surface area contributed by atoms with Crippen molar-refractivity contribution in [2.75, 3.05) is 25.7 Å². The van der Waals surface area contributed by atoms with Crippen molar-refractivity contribution in [2.45, 2.75) is 12.5 Å². The van der Waals surface area contributed by atoms with Crippen molar-refractivity contribution in [3.8, 4) is 0 Å². The quantitative estimate of drug-likeness (QED) is 0.460. The van der Waals surface area contributed by atoms with Gasteiger partial charge in [-0.2, -0.15) is 16.8 Å². The Morgan fingerprint density at radius 1 is 1.00 bits per heavy atom. The molecule has 0 unspecified atom stereocenters. The number of carbonyl (C=O) groups excluding carboxylic acids is 1. The molecule has 0 radical (unpaired) electrons. The lowest BCUT2D eigenvalue weighted by Gasteiger charge is -2.17. The van der Waals surface area contributed by atoms with Crippen LogP contribution in [0.25, 0.3) is 0 Å². The lowest BCUT2D eigenvalue weighted by Crippen LogP contribution is -2.27. The number of esters is 1. The Labute approximate surface area is 135 Å². The van der Waals surface area contributed by atoms with Crippen molar-refractivity contribution >= 4 is 26.2 Å². The predicted octanol–water partition coefficient (Wildman–Crippen LogP) is 0.554. The lowest BCUT2D eigenvalue weighted by molar-refractivity contribution is 0.0125. The van der Waals surface area contributed by atoms with E-state index >= 15 is 0 Å². The standard InChI is InChI=1S/C13H18O8S2/c1-22(15,16)19-9-8-12(10-20-23(2,17)18)21-13(14)11-6-4-3-5-7-11/h3-7,12H,8-10H2,1-2H3/t12-/m0/s1. The molecular weight excluding hydrogens is 348 g/mol. The third-order valence-corrected chi connectivity index (χ3v) is 3.65. The molecule has 0 aliphatic rings. The number of benzene rings is 1. The van der Waals surface area contributed by atoms with Crippen LogP contribution in [0.5, 0.6) is 0 Å². The first-order valence-electron chi connectivity index (χ1n) is 6.51. The molecule has 0 amide bonds. The highest BCUT2D eigenvalue weighted by atomic mass is 32.2. The van der Waals surface area contributed by atoms with Crippen LogP contribution >= 0.6 is 0 Å². The van der Waals surface area contributed by atoms with Gasteiger partial charge in [-0.25, -0.2) is 4.79 Å². The third kappa shape index (κ3) is 9.29. The van der Waals surface area contributed by atoms with Gasteiger partial charge in [0.05, 0.1) is 24.7 Å². The van der Waals surface area contributed by atoms with Gasteiger partial charge in [0.1, 0.15) is 12.7 Å². The van der Waals surface area contributed by atoms with Crippen LogP contribution in [0.4, 0.5) is 0 Å². The van der Waals surface area contributed by atoms with Gasteiger partial charge in [-0.3, -0.25) is 8.37 Å². The SMILES string of the molecule is CS(=O)(=O)OCC[C@@H](COS(C)(=O)=O)OC(=O)c1ccccc1. The molecule has 0 saturated heterocycles. The Balaban J connectivity index is 2.68. The van der Waals surface area contributed by atoms with E-state index in [1.165, 1.54) is 12.1 Å². The molecule has 1 rings (SSSR count). The van der Waals surface area contributed by atoms with E-state index in [2.05, 4.69) is 8.37 Å². The highest BCUT2D eigenvalue weighted by Crippen LogP contribution is 2.09. The van der Waals surface area contributed by atoms with Gasteiger partial charge < -0.3 is 4.74 Å². The zero-order valence-electron chi connectivity index (χ0n) is 12.7. The van der Waals surface area contributed by atoms with Gasteiger partial charge in [-0.05, 0) is 12.1 Å². The van der Waals surface area contributed by atoms with Crippen molar-refractivity contribution in [3.05, 3.63) is 35.9 Å². The highest BCUT2D eigenvalue weighted by molar-refractivity contribution is 7.86. The first-order valence-corrected chi connectivity index (χ1v) is 10.1. The Hall–Kier alpha value is -1.49. The van der Waals surface area contributed by atoms with Crippen LogP contribution in [-0.4, -0.2) is 54.6 Å². The molecule has 0 saturated carbocycles. The van der Waals surface area contributed by atoms with Crippen LogP contribution in [0.3, 0.4) is 0 Å². The Bertz CT molecular complexity index is 710. The monoisotopic (exact) mass is 366 g/mol. The summed E-state index contributed by atoms with van der Waals surface area (Å²) >= 11 is 0.